The van der Waals surface area contributed by atoms with Gasteiger partial charge in [-0.15, -0.1) is 0 Å². The van der Waals surface area contributed by atoms with E-state index in [1.807, 2.05) is 36.4 Å². The van der Waals surface area contributed by atoms with Crippen molar-refractivity contribution < 1.29 is 18.7 Å². The van der Waals surface area contributed by atoms with E-state index >= 15 is 0 Å². The fourth-order valence-electron chi connectivity index (χ4n) is 1.50. The van der Waals surface area contributed by atoms with Crippen LogP contribution in [-0.2, 0) is 9.53 Å². The molecule has 1 rings (SSSR count). The molecule has 4 nitrogen and oxygen atoms in total. The van der Waals surface area contributed by atoms with Gasteiger partial charge in [-0.1, -0.05) is 0 Å². The van der Waals surface area contributed by atoms with Crippen LogP contribution in [0.15, 0.2) is 18.2 Å². The number of ether oxygens (including phenoxy) is 1. The van der Waals surface area contributed by atoms with Crippen LogP contribution in [0.2, 0.25) is 0 Å². The van der Waals surface area contributed by atoms with E-state index in [0.29, 0.717) is 16.7 Å². The lowest BCUT2D eigenvalue weighted by molar-refractivity contribution is -0.134. The van der Waals surface area contributed by atoms with E-state index < -0.39 is 11.8 Å². The number of likely N-dealkylation sites (N-methyl/N-ethyl adjacent to an activating group) is 1. The van der Waals surface area contributed by atoms with Gasteiger partial charge in [0, 0.05) is 16.7 Å². The van der Waals surface area contributed by atoms with Gasteiger partial charge in [0.2, 0.25) is 0 Å². The zero-order valence-corrected chi connectivity index (χ0v) is 12.9. The fraction of sp³-hybridized carbons (Fsp3) is 0.385. The monoisotopic (exact) mass is 379 g/mol. The van der Waals surface area contributed by atoms with Crippen LogP contribution in [0.5, 0.6) is 0 Å². The van der Waals surface area contributed by atoms with Gasteiger partial charge in [-0.05, 0) is 54.6 Å². The summed E-state index contributed by atoms with van der Waals surface area (Å²) in [6.45, 7) is 4.49. The molecule has 0 unspecified atom stereocenters. The highest BCUT2D eigenvalue weighted by atomic mass is 127. The van der Waals surface area contributed by atoms with Gasteiger partial charge in [0.1, 0.15) is 5.82 Å². The van der Waals surface area contributed by atoms with Gasteiger partial charge in [0.05, 0.1) is 5.56 Å². The number of rotatable bonds is 5. The Morgan fingerprint density at radius 3 is 2.47 bits per heavy atom. The first kappa shape index (κ1) is 15.9. The summed E-state index contributed by atoms with van der Waals surface area (Å²) in [5.41, 5.74) is 0.102. The molecule has 19 heavy (non-hydrogen) atoms. The zero-order chi connectivity index (χ0) is 14.4. The molecule has 0 aliphatic carbocycles. The molecule has 0 fully saturated rings. The first-order chi connectivity index (χ1) is 8.99. The molecule has 0 saturated heterocycles. The maximum absolute atomic E-state index is 13.3. The Kier molecular flexibility index (Phi) is 6.20. The van der Waals surface area contributed by atoms with Crippen molar-refractivity contribution in [2.45, 2.75) is 13.8 Å². The molecule has 104 valence electrons. The number of amides is 1. The van der Waals surface area contributed by atoms with Crippen LogP contribution in [0.1, 0.15) is 24.2 Å². The smallest absolute Gasteiger partial charge is 0.338 e. The van der Waals surface area contributed by atoms with E-state index in [0.717, 1.165) is 6.07 Å². The van der Waals surface area contributed by atoms with E-state index in [9.17, 15) is 14.0 Å². The molecule has 1 aromatic carbocycles. The Bertz CT molecular complexity index is 475. The summed E-state index contributed by atoms with van der Waals surface area (Å²) in [6, 6.07) is 4.06. The van der Waals surface area contributed by atoms with Crippen LogP contribution in [-0.4, -0.2) is 36.5 Å². The second-order valence-corrected chi connectivity index (χ2v) is 4.93. The number of carbonyl (C=O) groups excluding carboxylic acids is 2. The van der Waals surface area contributed by atoms with Crippen molar-refractivity contribution in [3.05, 3.63) is 33.1 Å². The molecule has 0 N–H and O–H groups in total. The largest absolute Gasteiger partial charge is 0.452 e. The molecule has 0 radical (unpaired) electrons. The molecule has 0 heterocycles. The number of carbonyl (C=O) groups is 2. The van der Waals surface area contributed by atoms with E-state index in [-0.39, 0.29) is 18.1 Å². The summed E-state index contributed by atoms with van der Waals surface area (Å²) in [4.78, 5) is 24.8. The van der Waals surface area contributed by atoms with Crippen molar-refractivity contribution in [2.24, 2.45) is 0 Å². The Balaban J connectivity index is 2.60. The number of hydrogen-bond donors (Lipinski definition) is 0. The topological polar surface area (TPSA) is 46.6 Å². The highest BCUT2D eigenvalue weighted by molar-refractivity contribution is 14.1. The molecular formula is C13H15FINO3. The van der Waals surface area contributed by atoms with Crippen molar-refractivity contribution >= 4 is 34.5 Å². The minimum absolute atomic E-state index is 0.102. The molecule has 1 amide bonds. The maximum Gasteiger partial charge on any atom is 0.338 e. The first-order valence-corrected chi connectivity index (χ1v) is 6.97. The number of halogens is 2. The van der Waals surface area contributed by atoms with E-state index in [1.165, 1.54) is 12.1 Å². The summed E-state index contributed by atoms with van der Waals surface area (Å²) in [5.74, 6) is -1.44. The molecule has 6 heteroatoms. The Hall–Kier alpha value is -1.18. The number of esters is 1. The average molecular weight is 379 g/mol. The SMILES string of the molecule is CCN(CC)C(=O)COC(=O)c1ccc(I)c(F)c1. The summed E-state index contributed by atoms with van der Waals surface area (Å²) in [5, 5.41) is 0. The lowest BCUT2D eigenvalue weighted by atomic mass is 10.2. The minimum Gasteiger partial charge on any atom is -0.452 e. The van der Waals surface area contributed by atoms with E-state index in [4.69, 9.17) is 4.74 Å². The normalized spacial score (nSPS) is 10.1. The van der Waals surface area contributed by atoms with Gasteiger partial charge < -0.3 is 9.64 Å². The minimum atomic E-state index is -0.698. The third-order valence-electron chi connectivity index (χ3n) is 2.60. The average Bonchev–Trinajstić information content (AvgIpc) is 2.40. The van der Waals surface area contributed by atoms with Crippen molar-refractivity contribution in [3.63, 3.8) is 0 Å². The Morgan fingerprint density at radius 1 is 1.32 bits per heavy atom. The highest BCUT2D eigenvalue weighted by Crippen LogP contribution is 2.13. The van der Waals surface area contributed by atoms with Gasteiger partial charge >= 0.3 is 5.97 Å². The molecule has 0 aromatic heterocycles. The van der Waals surface area contributed by atoms with Gasteiger partial charge in [0.25, 0.3) is 5.91 Å². The third-order valence-corrected chi connectivity index (χ3v) is 3.47. The second-order valence-electron chi connectivity index (χ2n) is 3.77. The van der Waals surface area contributed by atoms with Gasteiger partial charge in [-0.3, -0.25) is 4.79 Å². The van der Waals surface area contributed by atoms with Gasteiger partial charge in [-0.2, -0.15) is 0 Å². The summed E-state index contributed by atoms with van der Waals surface area (Å²) >= 11 is 1.83. The van der Waals surface area contributed by atoms with Crippen LogP contribution >= 0.6 is 22.6 Å². The van der Waals surface area contributed by atoms with Crippen LogP contribution in [0, 0.1) is 9.39 Å². The van der Waals surface area contributed by atoms with Gasteiger partial charge in [0.15, 0.2) is 6.61 Å². The molecule has 0 atom stereocenters. The lowest BCUT2D eigenvalue weighted by Gasteiger charge is -2.18. The van der Waals surface area contributed by atoms with Crippen molar-refractivity contribution in [2.75, 3.05) is 19.7 Å². The van der Waals surface area contributed by atoms with Crippen LogP contribution in [0.4, 0.5) is 4.39 Å². The van der Waals surface area contributed by atoms with E-state index in [2.05, 4.69) is 0 Å². The summed E-state index contributed by atoms with van der Waals surface area (Å²) in [6.07, 6.45) is 0. The highest BCUT2D eigenvalue weighted by Gasteiger charge is 2.14. The fourth-order valence-corrected chi connectivity index (χ4v) is 1.84. The zero-order valence-electron chi connectivity index (χ0n) is 10.8. The summed E-state index contributed by atoms with van der Waals surface area (Å²) in [7, 11) is 0. The van der Waals surface area contributed by atoms with Crippen LogP contribution in [0.25, 0.3) is 0 Å². The molecule has 0 aliphatic rings. The van der Waals surface area contributed by atoms with Crippen molar-refractivity contribution in [3.8, 4) is 0 Å². The van der Waals surface area contributed by atoms with Crippen LogP contribution in [0.3, 0.4) is 0 Å². The predicted octanol–water partition coefficient (Wildman–Crippen LogP) is 2.46. The predicted molar refractivity (Wildman–Crippen MR) is 77.3 cm³/mol. The second kappa shape index (κ2) is 7.42. The summed E-state index contributed by atoms with van der Waals surface area (Å²) < 4.78 is 18.6. The number of benzene rings is 1. The third kappa shape index (κ3) is 4.45. The van der Waals surface area contributed by atoms with Gasteiger partial charge in [-0.25, -0.2) is 9.18 Å². The molecular weight excluding hydrogens is 364 g/mol. The lowest BCUT2D eigenvalue weighted by Crippen LogP contribution is -2.34. The molecule has 0 spiro atoms. The standard InChI is InChI=1S/C13H15FINO3/c1-3-16(4-2)12(17)8-19-13(18)9-5-6-11(15)10(14)7-9/h5-7H,3-4,8H2,1-2H3. The quantitative estimate of drug-likeness (QED) is 0.584. The maximum atomic E-state index is 13.3. The van der Waals surface area contributed by atoms with Crippen LogP contribution < -0.4 is 0 Å². The first-order valence-electron chi connectivity index (χ1n) is 5.89. The Morgan fingerprint density at radius 2 is 1.95 bits per heavy atom. The molecule has 1 aromatic rings. The molecule has 0 aliphatic heterocycles. The Labute approximate surface area is 125 Å². The number of nitrogens with zero attached hydrogens (tertiary/aromatic N) is 1. The molecule has 0 saturated carbocycles. The van der Waals surface area contributed by atoms with Crippen molar-refractivity contribution in [1.82, 2.24) is 4.90 Å². The number of hydrogen-bond acceptors (Lipinski definition) is 3. The van der Waals surface area contributed by atoms with Crippen molar-refractivity contribution in [1.29, 1.82) is 0 Å². The van der Waals surface area contributed by atoms with E-state index in [1.54, 1.807) is 4.90 Å². The molecule has 0 bridgehead atoms.